The lowest BCUT2D eigenvalue weighted by Gasteiger charge is -2.32. The van der Waals surface area contributed by atoms with Crippen LogP contribution in [0.3, 0.4) is 0 Å². The normalized spacial score (nSPS) is 17.1. The first-order valence-electron chi connectivity index (χ1n) is 7.03. The molecule has 1 aromatic heterocycles. The van der Waals surface area contributed by atoms with E-state index in [1.807, 2.05) is 0 Å². The van der Waals surface area contributed by atoms with E-state index in [-0.39, 0.29) is 10.1 Å². The lowest BCUT2D eigenvalue weighted by Crippen LogP contribution is -2.40. The summed E-state index contributed by atoms with van der Waals surface area (Å²) < 4.78 is 22.5. The molecule has 118 valence electrons. The molecule has 0 bridgehead atoms. The van der Waals surface area contributed by atoms with E-state index in [0.29, 0.717) is 11.5 Å². The second-order valence-electron chi connectivity index (χ2n) is 5.24. The SMILES string of the molecule is CCNCC1CCN(C(=O)c2csc(S(N)(=O)=O)c2)CC1. The lowest BCUT2D eigenvalue weighted by molar-refractivity contribution is 0.0690. The highest BCUT2D eigenvalue weighted by molar-refractivity contribution is 7.91. The third-order valence-corrected chi connectivity index (χ3v) is 6.07. The summed E-state index contributed by atoms with van der Waals surface area (Å²) in [6, 6.07) is 1.37. The minimum absolute atomic E-state index is 0.0351. The molecule has 0 spiro atoms. The molecule has 0 radical (unpaired) electrons. The summed E-state index contributed by atoms with van der Waals surface area (Å²) in [7, 11) is -3.73. The molecule has 1 fully saturated rings. The summed E-state index contributed by atoms with van der Waals surface area (Å²) in [5, 5.41) is 9.96. The molecule has 2 heterocycles. The van der Waals surface area contributed by atoms with Crippen LogP contribution in [0.15, 0.2) is 15.7 Å². The van der Waals surface area contributed by atoms with Crippen molar-refractivity contribution < 1.29 is 13.2 Å². The van der Waals surface area contributed by atoms with Crippen molar-refractivity contribution in [3.8, 4) is 0 Å². The Morgan fingerprint density at radius 1 is 1.48 bits per heavy atom. The molecule has 1 aliphatic heterocycles. The van der Waals surface area contributed by atoms with Crippen LogP contribution in [0.25, 0.3) is 0 Å². The molecule has 0 saturated carbocycles. The van der Waals surface area contributed by atoms with Crippen molar-refractivity contribution in [3.63, 3.8) is 0 Å². The number of primary sulfonamides is 1. The zero-order valence-corrected chi connectivity index (χ0v) is 13.7. The third kappa shape index (κ3) is 4.26. The van der Waals surface area contributed by atoms with Crippen LogP contribution in [-0.2, 0) is 10.0 Å². The van der Waals surface area contributed by atoms with Gasteiger partial charge in [-0.3, -0.25) is 4.79 Å². The van der Waals surface area contributed by atoms with Crippen LogP contribution in [0.4, 0.5) is 0 Å². The van der Waals surface area contributed by atoms with Gasteiger partial charge in [-0.2, -0.15) is 0 Å². The Morgan fingerprint density at radius 2 is 2.14 bits per heavy atom. The molecule has 3 N–H and O–H groups in total. The van der Waals surface area contributed by atoms with Crippen molar-refractivity contribution in [2.45, 2.75) is 24.0 Å². The van der Waals surface area contributed by atoms with E-state index >= 15 is 0 Å². The Hall–Kier alpha value is -0.960. The molecule has 0 aliphatic carbocycles. The molecule has 1 amide bonds. The van der Waals surface area contributed by atoms with Crippen LogP contribution < -0.4 is 10.5 Å². The molecule has 0 aromatic carbocycles. The minimum atomic E-state index is -3.73. The Labute approximate surface area is 129 Å². The third-order valence-electron chi connectivity index (χ3n) is 3.69. The van der Waals surface area contributed by atoms with Gasteiger partial charge in [0.1, 0.15) is 4.21 Å². The maximum Gasteiger partial charge on any atom is 0.254 e. The quantitative estimate of drug-likeness (QED) is 0.837. The Bertz CT molecular complexity index is 590. The maximum atomic E-state index is 12.3. The number of hydrogen-bond acceptors (Lipinski definition) is 5. The number of nitrogens with two attached hydrogens (primary N) is 1. The van der Waals surface area contributed by atoms with Crippen molar-refractivity contribution in [1.82, 2.24) is 10.2 Å². The number of nitrogens with zero attached hydrogens (tertiary/aromatic N) is 1. The van der Waals surface area contributed by atoms with Gasteiger partial charge in [-0.05, 0) is 37.9 Å². The van der Waals surface area contributed by atoms with Crippen LogP contribution in [0.5, 0.6) is 0 Å². The summed E-state index contributed by atoms with van der Waals surface area (Å²) in [5.74, 6) is 0.500. The molecular formula is C13H21N3O3S2. The zero-order valence-electron chi connectivity index (χ0n) is 12.0. The zero-order chi connectivity index (χ0) is 15.5. The van der Waals surface area contributed by atoms with Gasteiger partial charge >= 0.3 is 0 Å². The average molecular weight is 331 g/mol. The highest BCUT2D eigenvalue weighted by Crippen LogP contribution is 2.23. The van der Waals surface area contributed by atoms with Crippen molar-refractivity contribution in [1.29, 1.82) is 0 Å². The topological polar surface area (TPSA) is 92.5 Å². The first-order valence-corrected chi connectivity index (χ1v) is 9.45. The summed E-state index contributed by atoms with van der Waals surface area (Å²) in [6.45, 7) is 5.47. The van der Waals surface area contributed by atoms with Crippen molar-refractivity contribution in [2.24, 2.45) is 11.1 Å². The van der Waals surface area contributed by atoms with Crippen molar-refractivity contribution in [3.05, 3.63) is 17.0 Å². The van der Waals surface area contributed by atoms with E-state index in [9.17, 15) is 13.2 Å². The number of hydrogen-bond donors (Lipinski definition) is 2. The molecule has 0 unspecified atom stereocenters. The molecular weight excluding hydrogens is 310 g/mol. The molecule has 1 aromatic rings. The van der Waals surface area contributed by atoms with Crippen LogP contribution in [0, 0.1) is 5.92 Å². The molecule has 21 heavy (non-hydrogen) atoms. The van der Waals surface area contributed by atoms with Crippen LogP contribution in [0.2, 0.25) is 0 Å². The number of likely N-dealkylation sites (tertiary alicyclic amines) is 1. The summed E-state index contributed by atoms with van der Waals surface area (Å²) in [5.41, 5.74) is 0.411. The number of carbonyl (C=O) groups is 1. The lowest BCUT2D eigenvalue weighted by atomic mass is 9.96. The number of amides is 1. The summed E-state index contributed by atoms with van der Waals surface area (Å²) >= 11 is 0.990. The fraction of sp³-hybridized carbons (Fsp3) is 0.615. The highest BCUT2D eigenvalue weighted by atomic mass is 32.2. The first-order chi connectivity index (χ1) is 9.91. The van der Waals surface area contributed by atoms with Crippen LogP contribution >= 0.6 is 11.3 Å². The van der Waals surface area contributed by atoms with Gasteiger partial charge in [0.25, 0.3) is 5.91 Å². The molecule has 0 atom stereocenters. The van der Waals surface area contributed by atoms with Crippen LogP contribution in [-0.4, -0.2) is 45.4 Å². The number of nitrogens with one attached hydrogen (secondary N) is 1. The van der Waals surface area contributed by atoms with Gasteiger partial charge < -0.3 is 10.2 Å². The second kappa shape index (κ2) is 6.87. The van der Waals surface area contributed by atoms with E-state index < -0.39 is 10.0 Å². The Morgan fingerprint density at radius 3 is 2.67 bits per heavy atom. The number of carbonyl (C=O) groups excluding carboxylic acids is 1. The average Bonchev–Trinajstić information content (AvgIpc) is 2.95. The smallest absolute Gasteiger partial charge is 0.254 e. The number of sulfonamides is 1. The standard InChI is InChI=1S/C13H21N3O3S2/c1-2-15-8-10-3-5-16(6-4-10)13(17)11-7-12(20-9-11)21(14,18)19/h7,9-10,15H,2-6,8H2,1H3,(H2,14,18,19). The highest BCUT2D eigenvalue weighted by Gasteiger charge is 2.25. The van der Waals surface area contributed by atoms with Crippen LogP contribution in [0.1, 0.15) is 30.1 Å². The number of piperidine rings is 1. The Kier molecular flexibility index (Phi) is 5.37. The van der Waals surface area contributed by atoms with Gasteiger partial charge in [0.2, 0.25) is 10.0 Å². The summed E-state index contributed by atoms with van der Waals surface area (Å²) in [6.07, 6.45) is 1.95. The summed E-state index contributed by atoms with van der Waals surface area (Å²) in [4.78, 5) is 14.1. The van der Waals surface area contributed by atoms with Crippen molar-refractivity contribution in [2.75, 3.05) is 26.2 Å². The largest absolute Gasteiger partial charge is 0.339 e. The predicted octanol–water partition coefficient (Wildman–Crippen LogP) is 0.857. The van der Waals surface area contributed by atoms with Gasteiger partial charge in [0.15, 0.2) is 0 Å². The van der Waals surface area contributed by atoms with Gasteiger partial charge in [0, 0.05) is 18.5 Å². The second-order valence-corrected chi connectivity index (χ2v) is 7.94. The maximum absolute atomic E-state index is 12.3. The van der Waals surface area contributed by atoms with E-state index in [2.05, 4.69) is 12.2 Å². The molecule has 1 saturated heterocycles. The van der Waals surface area contributed by atoms with Gasteiger partial charge in [-0.1, -0.05) is 6.92 Å². The van der Waals surface area contributed by atoms with Gasteiger partial charge in [-0.25, -0.2) is 13.6 Å². The molecule has 8 heteroatoms. The predicted molar refractivity (Wildman–Crippen MR) is 82.9 cm³/mol. The fourth-order valence-corrected chi connectivity index (χ4v) is 4.03. The fourth-order valence-electron chi connectivity index (χ4n) is 2.45. The Balaban J connectivity index is 1.94. The molecule has 6 nitrogen and oxygen atoms in total. The first kappa shape index (κ1) is 16.4. The van der Waals surface area contributed by atoms with Gasteiger partial charge in [0.05, 0.1) is 5.56 Å². The van der Waals surface area contributed by atoms with E-state index in [1.165, 1.54) is 6.07 Å². The number of thiophene rings is 1. The van der Waals surface area contributed by atoms with E-state index in [0.717, 1.165) is 50.4 Å². The van der Waals surface area contributed by atoms with E-state index in [1.54, 1.807) is 10.3 Å². The van der Waals surface area contributed by atoms with E-state index in [4.69, 9.17) is 5.14 Å². The minimum Gasteiger partial charge on any atom is -0.339 e. The number of rotatable bonds is 5. The van der Waals surface area contributed by atoms with Crippen molar-refractivity contribution >= 4 is 27.3 Å². The monoisotopic (exact) mass is 331 g/mol. The molecule has 2 rings (SSSR count). The molecule has 1 aliphatic rings. The van der Waals surface area contributed by atoms with Gasteiger partial charge in [-0.15, -0.1) is 11.3 Å².